The van der Waals surface area contributed by atoms with Crippen LogP contribution < -0.4 is 15.4 Å². The van der Waals surface area contributed by atoms with E-state index in [2.05, 4.69) is 42.5 Å². The van der Waals surface area contributed by atoms with Crippen LogP contribution in [0.25, 0.3) is 0 Å². The summed E-state index contributed by atoms with van der Waals surface area (Å²) >= 11 is 12.9. The molecule has 0 atom stereocenters. The van der Waals surface area contributed by atoms with Crippen LogP contribution in [-0.4, -0.2) is 22.9 Å². The van der Waals surface area contributed by atoms with E-state index in [9.17, 15) is 14.4 Å². The van der Waals surface area contributed by atoms with Crippen LogP contribution in [0.1, 0.15) is 25.8 Å². The summed E-state index contributed by atoms with van der Waals surface area (Å²) in [6, 6.07) is 8.37. The number of carboxylic acids is 1. The summed E-state index contributed by atoms with van der Waals surface area (Å²) in [5, 5.41) is 14.4. The second kappa shape index (κ2) is 10.8. The number of amides is 2. The number of nitrogens with one attached hydrogen (secondary N) is 2. The van der Waals surface area contributed by atoms with Crippen molar-refractivity contribution in [3.63, 3.8) is 0 Å². The lowest BCUT2D eigenvalue weighted by Gasteiger charge is -2.14. The molecule has 2 rings (SSSR count). The zero-order chi connectivity index (χ0) is 22.4. The summed E-state index contributed by atoms with van der Waals surface area (Å²) in [5.74, 6) is -1.64. The topological polar surface area (TPSA) is 105 Å². The predicted molar refractivity (Wildman–Crippen MR) is 122 cm³/mol. The highest BCUT2D eigenvalue weighted by molar-refractivity contribution is 9.11. The Bertz CT molecular complexity index is 959. The lowest BCUT2D eigenvalue weighted by molar-refractivity contribution is -0.139. The Labute approximate surface area is 195 Å². The van der Waals surface area contributed by atoms with Gasteiger partial charge in [0.1, 0.15) is 18.8 Å². The summed E-state index contributed by atoms with van der Waals surface area (Å²) in [7, 11) is 0. The number of carbonyl (C=O) groups excluding carboxylic acids is 2. The smallest absolute Gasteiger partial charge is 0.312 e. The third-order valence-corrected chi connectivity index (χ3v) is 5.12. The average molecular weight is 563 g/mol. The van der Waals surface area contributed by atoms with E-state index in [0.29, 0.717) is 31.1 Å². The zero-order valence-corrected chi connectivity index (χ0v) is 20.0. The molecule has 0 fully saturated rings. The maximum absolute atomic E-state index is 11.9. The Morgan fingerprint density at radius 2 is 1.63 bits per heavy atom. The van der Waals surface area contributed by atoms with Crippen LogP contribution in [0.4, 0.5) is 11.4 Å². The maximum Gasteiger partial charge on any atom is 0.312 e. The fourth-order valence-corrected chi connectivity index (χ4v) is 4.03. The normalized spacial score (nSPS) is 10.6. The van der Waals surface area contributed by atoms with E-state index >= 15 is 0 Å². The van der Waals surface area contributed by atoms with E-state index in [0.717, 1.165) is 5.56 Å². The van der Waals surface area contributed by atoms with Crippen molar-refractivity contribution in [2.45, 2.75) is 26.9 Å². The summed E-state index contributed by atoms with van der Waals surface area (Å²) in [6.45, 7) is 3.77. The minimum atomic E-state index is -1.21. The van der Waals surface area contributed by atoms with Crippen molar-refractivity contribution in [2.75, 3.05) is 10.6 Å². The van der Waals surface area contributed by atoms with Crippen LogP contribution in [0, 0.1) is 5.92 Å². The molecule has 2 aromatic rings. The molecule has 160 valence electrons. The van der Waals surface area contributed by atoms with Gasteiger partial charge in [-0.1, -0.05) is 25.4 Å². The summed E-state index contributed by atoms with van der Waals surface area (Å²) in [4.78, 5) is 34.2. The van der Waals surface area contributed by atoms with E-state index in [-0.39, 0.29) is 18.4 Å². The Hall–Kier alpha value is -2.10. The van der Waals surface area contributed by atoms with Gasteiger partial charge in [-0.05, 0) is 67.8 Å². The molecule has 0 saturated heterocycles. The molecular weight excluding hydrogens is 543 g/mol. The summed E-state index contributed by atoms with van der Waals surface area (Å²) in [6.07, 6.45) is -0.627. The van der Waals surface area contributed by atoms with Gasteiger partial charge in [0.05, 0.1) is 8.95 Å². The third kappa shape index (κ3) is 7.30. The minimum absolute atomic E-state index is 0.116. The molecule has 7 nitrogen and oxygen atoms in total. The first-order valence-electron chi connectivity index (χ1n) is 8.79. The van der Waals surface area contributed by atoms with Gasteiger partial charge in [-0.15, -0.1) is 0 Å². The first-order valence-corrected chi connectivity index (χ1v) is 10.8. The van der Waals surface area contributed by atoms with Gasteiger partial charge in [-0.25, -0.2) is 0 Å². The number of carbonyl (C=O) groups is 3. The number of hydrogen-bond acceptors (Lipinski definition) is 4. The molecule has 0 unspecified atom stereocenters. The van der Waals surface area contributed by atoms with Gasteiger partial charge >= 0.3 is 5.97 Å². The highest BCUT2D eigenvalue weighted by atomic mass is 79.9. The standard InChI is InChI=1S/C20H19Br2ClN2O5/c1-10(2)20(29)25-13-4-11(3-12(23)5-13)9-30-19-15(21)6-14(7-16(19)22)24-17(26)8-18(27)28/h3-7,10H,8-9H2,1-2H3,(H,24,26)(H,25,29)(H,27,28). The minimum Gasteiger partial charge on any atom is -0.487 e. The quantitative estimate of drug-likeness (QED) is 0.371. The molecular formula is C20H19Br2ClN2O5. The van der Waals surface area contributed by atoms with Crippen molar-refractivity contribution in [2.24, 2.45) is 5.92 Å². The van der Waals surface area contributed by atoms with E-state index in [1.54, 1.807) is 44.2 Å². The molecule has 2 amide bonds. The lowest BCUT2D eigenvalue weighted by Crippen LogP contribution is -2.17. The van der Waals surface area contributed by atoms with Crippen LogP contribution >= 0.6 is 43.5 Å². The monoisotopic (exact) mass is 560 g/mol. The molecule has 0 aromatic heterocycles. The van der Waals surface area contributed by atoms with Crippen molar-refractivity contribution in [3.8, 4) is 5.75 Å². The van der Waals surface area contributed by atoms with E-state index < -0.39 is 18.3 Å². The second-order valence-corrected chi connectivity index (χ2v) is 8.81. The molecule has 10 heteroatoms. The molecule has 0 bridgehead atoms. The molecule has 2 aromatic carbocycles. The van der Waals surface area contributed by atoms with Crippen LogP contribution in [-0.2, 0) is 21.0 Å². The fourth-order valence-electron chi connectivity index (χ4n) is 2.36. The molecule has 30 heavy (non-hydrogen) atoms. The Balaban J connectivity index is 2.12. The van der Waals surface area contributed by atoms with Crippen LogP contribution in [0.15, 0.2) is 39.3 Å². The first-order chi connectivity index (χ1) is 14.0. The third-order valence-electron chi connectivity index (χ3n) is 3.73. The van der Waals surface area contributed by atoms with Gasteiger partial charge in [0, 0.05) is 22.3 Å². The van der Waals surface area contributed by atoms with Crippen LogP contribution in [0.3, 0.4) is 0 Å². The predicted octanol–water partition coefficient (Wildman–Crippen LogP) is 5.45. The van der Waals surface area contributed by atoms with Crippen molar-refractivity contribution in [3.05, 3.63) is 49.9 Å². The van der Waals surface area contributed by atoms with Gasteiger partial charge in [-0.3, -0.25) is 14.4 Å². The van der Waals surface area contributed by atoms with Crippen LogP contribution in [0.5, 0.6) is 5.75 Å². The van der Waals surface area contributed by atoms with Crippen LogP contribution in [0.2, 0.25) is 5.02 Å². The van der Waals surface area contributed by atoms with E-state index in [1.807, 2.05) is 0 Å². The van der Waals surface area contributed by atoms with Crippen molar-refractivity contribution >= 4 is 72.6 Å². The first kappa shape index (κ1) is 24.2. The number of anilines is 2. The molecule has 0 aliphatic carbocycles. The number of ether oxygens (including phenoxy) is 1. The van der Waals surface area contributed by atoms with E-state index in [4.69, 9.17) is 21.4 Å². The summed E-state index contributed by atoms with van der Waals surface area (Å²) < 4.78 is 6.98. The highest BCUT2D eigenvalue weighted by Crippen LogP contribution is 2.37. The molecule has 0 saturated carbocycles. The van der Waals surface area contributed by atoms with Crippen molar-refractivity contribution in [1.82, 2.24) is 0 Å². The summed E-state index contributed by atoms with van der Waals surface area (Å²) in [5.41, 5.74) is 1.74. The highest BCUT2D eigenvalue weighted by Gasteiger charge is 2.14. The zero-order valence-electron chi connectivity index (χ0n) is 16.1. The SMILES string of the molecule is CC(C)C(=O)Nc1cc(Cl)cc(COc2c(Br)cc(NC(=O)CC(=O)O)cc2Br)c1. The number of hydrogen-bond donors (Lipinski definition) is 3. The van der Waals surface area contributed by atoms with Crippen molar-refractivity contribution < 1.29 is 24.2 Å². The van der Waals surface area contributed by atoms with E-state index in [1.165, 1.54) is 0 Å². The molecule has 0 spiro atoms. The molecule has 3 N–H and O–H groups in total. The van der Waals surface area contributed by atoms with Gasteiger partial charge in [0.15, 0.2) is 0 Å². The second-order valence-electron chi connectivity index (χ2n) is 6.67. The number of carboxylic acid groups (broad SMARTS) is 1. The Morgan fingerprint density at radius 3 is 2.20 bits per heavy atom. The average Bonchev–Trinajstić information content (AvgIpc) is 2.59. The molecule has 0 radical (unpaired) electrons. The largest absolute Gasteiger partial charge is 0.487 e. The van der Waals surface area contributed by atoms with Gasteiger partial charge in [0.2, 0.25) is 11.8 Å². The number of benzene rings is 2. The van der Waals surface area contributed by atoms with Gasteiger partial charge in [0.25, 0.3) is 0 Å². The Kier molecular flexibility index (Phi) is 8.69. The molecule has 0 aliphatic heterocycles. The fraction of sp³-hybridized carbons (Fsp3) is 0.250. The molecule has 0 aliphatic rings. The number of halogens is 3. The number of rotatable bonds is 8. The van der Waals surface area contributed by atoms with Gasteiger partial charge in [-0.2, -0.15) is 0 Å². The molecule has 0 heterocycles. The van der Waals surface area contributed by atoms with Crippen molar-refractivity contribution in [1.29, 1.82) is 0 Å². The Morgan fingerprint density at radius 1 is 1.03 bits per heavy atom. The number of aliphatic carboxylic acids is 1. The lowest BCUT2D eigenvalue weighted by atomic mass is 10.1. The maximum atomic E-state index is 11.9. The van der Waals surface area contributed by atoms with Gasteiger partial charge < -0.3 is 20.5 Å².